The van der Waals surface area contributed by atoms with Gasteiger partial charge in [-0.2, -0.15) is 5.10 Å². The second kappa shape index (κ2) is 6.02. The molecule has 1 aliphatic heterocycles. The number of aromatic nitrogens is 2. The summed E-state index contributed by atoms with van der Waals surface area (Å²) in [4.78, 5) is 26.2. The standard InChI is InChI=1S/C17H21N3O3/c1-11-14(12(2)21)8-13(17(22)23-3)10-19(11)16-9-18-20-7-5-4-6-15(16)20/h4-7,9,11,13-14H,8,10H2,1-3H3. The zero-order valence-corrected chi connectivity index (χ0v) is 13.6. The first kappa shape index (κ1) is 15.5. The van der Waals surface area contributed by atoms with Crippen molar-refractivity contribution in [3.05, 3.63) is 30.6 Å². The molecule has 0 bridgehead atoms. The molecule has 3 atom stereocenters. The van der Waals surface area contributed by atoms with Crippen LogP contribution in [0.25, 0.3) is 5.52 Å². The molecule has 3 unspecified atom stereocenters. The van der Waals surface area contributed by atoms with Gasteiger partial charge in [0, 0.05) is 24.7 Å². The van der Waals surface area contributed by atoms with Gasteiger partial charge >= 0.3 is 5.97 Å². The second-order valence-electron chi connectivity index (χ2n) is 6.13. The summed E-state index contributed by atoms with van der Waals surface area (Å²) in [6.45, 7) is 4.16. The van der Waals surface area contributed by atoms with Crippen LogP contribution < -0.4 is 4.90 Å². The minimum absolute atomic E-state index is 0.0154. The maximum atomic E-state index is 12.0. The van der Waals surface area contributed by atoms with E-state index < -0.39 is 0 Å². The maximum Gasteiger partial charge on any atom is 0.310 e. The van der Waals surface area contributed by atoms with Crippen LogP contribution in [0.2, 0.25) is 0 Å². The number of piperidine rings is 1. The highest BCUT2D eigenvalue weighted by atomic mass is 16.5. The average Bonchev–Trinajstić information content (AvgIpc) is 2.98. The maximum absolute atomic E-state index is 12.0. The average molecular weight is 315 g/mol. The summed E-state index contributed by atoms with van der Waals surface area (Å²) in [5, 5.41) is 4.36. The van der Waals surface area contributed by atoms with Gasteiger partial charge in [0.15, 0.2) is 0 Å². The predicted octanol–water partition coefficient (Wildman–Crippen LogP) is 1.93. The SMILES string of the molecule is COC(=O)C1CC(C(C)=O)C(C)N(c2cnn3ccccc23)C1. The van der Waals surface area contributed by atoms with Crippen LogP contribution in [0.1, 0.15) is 20.3 Å². The molecule has 0 saturated carbocycles. The van der Waals surface area contributed by atoms with Crippen LogP contribution in [-0.4, -0.2) is 41.1 Å². The number of ketones is 1. The van der Waals surface area contributed by atoms with Crippen LogP contribution in [0.5, 0.6) is 0 Å². The van der Waals surface area contributed by atoms with Gasteiger partial charge in [-0.3, -0.25) is 9.59 Å². The summed E-state index contributed by atoms with van der Waals surface area (Å²) in [7, 11) is 1.39. The first-order chi connectivity index (χ1) is 11.0. The molecular formula is C17H21N3O3. The zero-order chi connectivity index (χ0) is 16.6. The minimum atomic E-state index is -0.302. The van der Waals surface area contributed by atoms with Gasteiger partial charge in [0.05, 0.1) is 30.4 Å². The molecule has 0 spiro atoms. The number of ether oxygens (including phenoxy) is 1. The Bertz CT molecular complexity index is 740. The fraction of sp³-hybridized carbons (Fsp3) is 0.471. The fourth-order valence-corrected chi connectivity index (χ4v) is 3.50. The minimum Gasteiger partial charge on any atom is -0.469 e. The Morgan fingerprint density at radius 1 is 1.35 bits per heavy atom. The molecule has 2 aromatic heterocycles. The molecule has 0 aliphatic carbocycles. The van der Waals surface area contributed by atoms with Crippen molar-refractivity contribution in [3.63, 3.8) is 0 Å². The molecule has 6 nitrogen and oxygen atoms in total. The summed E-state index contributed by atoms with van der Waals surface area (Å²) >= 11 is 0. The normalized spacial score (nSPS) is 24.7. The molecule has 1 aliphatic rings. The van der Waals surface area contributed by atoms with E-state index in [-0.39, 0.29) is 29.6 Å². The Hall–Kier alpha value is -2.37. The quantitative estimate of drug-likeness (QED) is 0.810. The van der Waals surface area contributed by atoms with Gasteiger partial charge in [0.1, 0.15) is 5.78 Å². The fourth-order valence-electron chi connectivity index (χ4n) is 3.50. The molecule has 6 heteroatoms. The van der Waals surface area contributed by atoms with Gasteiger partial charge < -0.3 is 9.64 Å². The Morgan fingerprint density at radius 3 is 2.83 bits per heavy atom. The van der Waals surface area contributed by atoms with Crippen molar-refractivity contribution in [3.8, 4) is 0 Å². The molecule has 0 radical (unpaired) electrons. The Balaban J connectivity index is 2.01. The molecule has 1 fully saturated rings. The highest BCUT2D eigenvalue weighted by molar-refractivity contribution is 5.83. The molecule has 0 N–H and O–H groups in total. The topological polar surface area (TPSA) is 63.9 Å². The van der Waals surface area contributed by atoms with Gasteiger partial charge in [0.25, 0.3) is 0 Å². The van der Waals surface area contributed by atoms with Crippen molar-refractivity contribution in [2.45, 2.75) is 26.3 Å². The van der Waals surface area contributed by atoms with Crippen molar-refractivity contribution in [1.29, 1.82) is 0 Å². The third-order valence-electron chi connectivity index (χ3n) is 4.80. The van der Waals surface area contributed by atoms with Crippen molar-refractivity contribution in [2.24, 2.45) is 11.8 Å². The van der Waals surface area contributed by atoms with E-state index in [2.05, 4.69) is 10.00 Å². The lowest BCUT2D eigenvalue weighted by molar-refractivity contribution is -0.146. The summed E-state index contributed by atoms with van der Waals surface area (Å²) in [5.41, 5.74) is 1.91. The molecule has 1 saturated heterocycles. The summed E-state index contributed by atoms with van der Waals surface area (Å²) in [6.07, 6.45) is 4.22. The molecule has 2 aromatic rings. The number of esters is 1. The summed E-state index contributed by atoms with van der Waals surface area (Å²) in [6, 6.07) is 5.87. The number of carbonyl (C=O) groups is 2. The smallest absolute Gasteiger partial charge is 0.310 e. The third-order valence-corrected chi connectivity index (χ3v) is 4.80. The van der Waals surface area contributed by atoms with Gasteiger partial charge in [-0.05, 0) is 32.4 Å². The van der Waals surface area contributed by atoms with Crippen LogP contribution in [0, 0.1) is 11.8 Å². The van der Waals surface area contributed by atoms with Crippen LogP contribution in [0.4, 0.5) is 5.69 Å². The predicted molar refractivity (Wildman–Crippen MR) is 86.3 cm³/mol. The largest absolute Gasteiger partial charge is 0.469 e. The highest BCUT2D eigenvalue weighted by Crippen LogP contribution is 2.34. The number of methoxy groups -OCH3 is 1. The van der Waals surface area contributed by atoms with Crippen molar-refractivity contribution in [2.75, 3.05) is 18.6 Å². The number of hydrogen-bond acceptors (Lipinski definition) is 5. The molecule has 3 heterocycles. The lowest BCUT2D eigenvalue weighted by Gasteiger charge is -2.42. The van der Waals surface area contributed by atoms with E-state index in [4.69, 9.17) is 4.74 Å². The lowest BCUT2D eigenvalue weighted by Crippen LogP contribution is -2.51. The van der Waals surface area contributed by atoms with E-state index in [9.17, 15) is 9.59 Å². The Labute approximate surface area is 135 Å². The molecule has 0 aromatic carbocycles. The van der Waals surface area contributed by atoms with E-state index in [1.807, 2.05) is 31.3 Å². The van der Waals surface area contributed by atoms with Crippen LogP contribution in [-0.2, 0) is 14.3 Å². The Kier molecular flexibility index (Phi) is 4.07. The molecular weight excluding hydrogens is 294 g/mol. The summed E-state index contributed by atoms with van der Waals surface area (Å²) < 4.78 is 6.71. The van der Waals surface area contributed by atoms with Crippen molar-refractivity contribution >= 4 is 23.0 Å². The monoisotopic (exact) mass is 315 g/mol. The van der Waals surface area contributed by atoms with E-state index >= 15 is 0 Å². The molecule has 3 rings (SSSR count). The molecule has 23 heavy (non-hydrogen) atoms. The number of rotatable bonds is 3. The van der Waals surface area contributed by atoms with Crippen LogP contribution in [0.3, 0.4) is 0 Å². The van der Waals surface area contributed by atoms with Crippen LogP contribution >= 0.6 is 0 Å². The van der Waals surface area contributed by atoms with E-state index in [0.717, 1.165) is 11.2 Å². The van der Waals surface area contributed by atoms with Gasteiger partial charge in [-0.25, -0.2) is 4.52 Å². The summed E-state index contributed by atoms with van der Waals surface area (Å²) in [5.74, 6) is -0.646. The second-order valence-corrected chi connectivity index (χ2v) is 6.13. The number of carbonyl (C=O) groups excluding carboxylic acids is 2. The molecule has 122 valence electrons. The van der Waals surface area contributed by atoms with Gasteiger partial charge in [0.2, 0.25) is 0 Å². The lowest BCUT2D eigenvalue weighted by atomic mass is 9.81. The Morgan fingerprint density at radius 2 is 2.13 bits per heavy atom. The number of anilines is 1. The number of Topliss-reactive ketones (excluding diaryl/α,β-unsaturated/α-hetero) is 1. The van der Waals surface area contributed by atoms with Crippen LogP contribution in [0.15, 0.2) is 30.6 Å². The highest BCUT2D eigenvalue weighted by Gasteiger charge is 2.40. The number of nitrogens with zero attached hydrogens (tertiary/aromatic N) is 3. The zero-order valence-electron chi connectivity index (χ0n) is 13.6. The molecule has 0 amide bonds. The van der Waals surface area contributed by atoms with E-state index in [1.165, 1.54) is 7.11 Å². The van der Waals surface area contributed by atoms with Crippen molar-refractivity contribution < 1.29 is 14.3 Å². The number of pyridine rings is 1. The van der Waals surface area contributed by atoms with E-state index in [0.29, 0.717) is 13.0 Å². The van der Waals surface area contributed by atoms with Gasteiger partial charge in [-0.1, -0.05) is 6.07 Å². The number of fused-ring (bicyclic) bond motifs is 1. The first-order valence-electron chi connectivity index (χ1n) is 7.80. The van der Waals surface area contributed by atoms with Crippen molar-refractivity contribution in [1.82, 2.24) is 9.61 Å². The van der Waals surface area contributed by atoms with E-state index in [1.54, 1.807) is 17.6 Å². The number of hydrogen-bond donors (Lipinski definition) is 0. The van der Waals surface area contributed by atoms with Gasteiger partial charge in [-0.15, -0.1) is 0 Å². The third kappa shape index (κ3) is 2.69. The first-order valence-corrected chi connectivity index (χ1v) is 7.80.